The van der Waals surface area contributed by atoms with Gasteiger partial charge in [0, 0.05) is 17.8 Å². The van der Waals surface area contributed by atoms with E-state index in [9.17, 15) is 4.79 Å². The summed E-state index contributed by atoms with van der Waals surface area (Å²) in [5.74, 6) is 0.0322. The lowest BCUT2D eigenvalue weighted by molar-refractivity contribution is -0.115. The maximum Gasteiger partial charge on any atom is 0.228 e. The minimum Gasteiger partial charge on any atom is -0.326 e. The van der Waals surface area contributed by atoms with Crippen LogP contribution in [0.3, 0.4) is 0 Å². The fourth-order valence-electron chi connectivity index (χ4n) is 2.23. The van der Waals surface area contributed by atoms with Crippen LogP contribution in [-0.4, -0.2) is 16.1 Å². The van der Waals surface area contributed by atoms with Gasteiger partial charge >= 0.3 is 0 Å². The fraction of sp³-hybridized carbons (Fsp3) is 0.214. The first-order chi connectivity index (χ1) is 9.17. The van der Waals surface area contributed by atoms with Gasteiger partial charge in [0.15, 0.2) is 0 Å². The Bertz CT molecular complexity index is 666. The van der Waals surface area contributed by atoms with E-state index in [4.69, 9.17) is 5.73 Å². The van der Waals surface area contributed by atoms with E-state index in [-0.39, 0.29) is 5.91 Å². The molecule has 3 N–H and O–H groups in total. The third kappa shape index (κ3) is 2.08. The predicted molar refractivity (Wildman–Crippen MR) is 72.4 cm³/mol. The van der Waals surface area contributed by atoms with E-state index in [0.29, 0.717) is 13.0 Å². The number of fused-ring (bicyclic) bond motifs is 1. The maximum absolute atomic E-state index is 11.3. The van der Waals surface area contributed by atoms with Crippen LogP contribution in [0.5, 0.6) is 0 Å². The van der Waals surface area contributed by atoms with Crippen molar-refractivity contribution in [3.05, 3.63) is 41.1 Å². The maximum atomic E-state index is 11.3. The zero-order valence-electron chi connectivity index (χ0n) is 10.6. The largest absolute Gasteiger partial charge is 0.326 e. The van der Waals surface area contributed by atoms with Gasteiger partial charge in [0.1, 0.15) is 0 Å². The van der Waals surface area contributed by atoms with E-state index in [1.54, 1.807) is 0 Å². The van der Waals surface area contributed by atoms with E-state index in [0.717, 1.165) is 33.8 Å². The molecule has 0 bridgehead atoms. The topological polar surface area (TPSA) is 80.9 Å². The Hall–Kier alpha value is -2.27. The van der Waals surface area contributed by atoms with Crippen LogP contribution in [0.15, 0.2) is 24.3 Å². The number of nitrogens with two attached hydrogens (primary N) is 1. The molecular formula is C14H14N4O. The number of carbonyl (C=O) groups is 1. The van der Waals surface area contributed by atoms with Crippen molar-refractivity contribution in [1.82, 2.24) is 10.2 Å². The minimum absolute atomic E-state index is 0.0322. The standard InChI is InChI=1S/C14H14N4O/c1-8-11(7-15)5-13(18-17-8)9-2-3-12-10(4-9)6-14(19)16-12/h2-5H,6-7,15H2,1H3,(H,16,19). The molecule has 2 heterocycles. The van der Waals surface area contributed by atoms with Gasteiger partial charge in [-0.15, -0.1) is 0 Å². The van der Waals surface area contributed by atoms with Gasteiger partial charge in [-0.2, -0.15) is 10.2 Å². The molecule has 0 spiro atoms. The summed E-state index contributed by atoms with van der Waals surface area (Å²) in [4.78, 5) is 11.3. The lowest BCUT2D eigenvalue weighted by Crippen LogP contribution is -2.03. The second-order valence-electron chi connectivity index (χ2n) is 4.64. The lowest BCUT2D eigenvalue weighted by atomic mass is 10.0. The molecule has 1 aromatic carbocycles. The Morgan fingerprint density at radius 2 is 2.16 bits per heavy atom. The molecule has 0 unspecified atom stereocenters. The quantitative estimate of drug-likeness (QED) is 0.849. The third-order valence-corrected chi connectivity index (χ3v) is 3.33. The van der Waals surface area contributed by atoms with Crippen LogP contribution in [0.1, 0.15) is 16.8 Å². The van der Waals surface area contributed by atoms with Crippen LogP contribution >= 0.6 is 0 Å². The number of nitrogens with zero attached hydrogens (tertiary/aromatic N) is 2. The van der Waals surface area contributed by atoms with Gasteiger partial charge in [-0.25, -0.2) is 0 Å². The molecule has 1 aromatic heterocycles. The van der Waals surface area contributed by atoms with E-state index in [1.807, 2.05) is 31.2 Å². The molecule has 3 rings (SSSR count). The van der Waals surface area contributed by atoms with Gasteiger partial charge in [-0.3, -0.25) is 4.79 Å². The lowest BCUT2D eigenvalue weighted by Gasteiger charge is -2.06. The molecule has 19 heavy (non-hydrogen) atoms. The average molecular weight is 254 g/mol. The van der Waals surface area contributed by atoms with E-state index >= 15 is 0 Å². The molecule has 2 aromatic rings. The minimum atomic E-state index is 0.0322. The Morgan fingerprint density at radius 1 is 1.32 bits per heavy atom. The summed E-state index contributed by atoms with van der Waals surface area (Å²) in [6, 6.07) is 7.77. The molecule has 5 heteroatoms. The number of carbonyl (C=O) groups excluding carboxylic acids is 1. The summed E-state index contributed by atoms with van der Waals surface area (Å²) in [5.41, 5.74) is 11.1. The van der Waals surface area contributed by atoms with Gasteiger partial charge in [0.2, 0.25) is 5.91 Å². The van der Waals surface area contributed by atoms with Gasteiger partial charge < -0.3 is 11.1 Å². The second kappa shape index (κ2) is 4.44. The normalized spacial score (nSPS) is 13.3. The van der Waals surface area contributed by atoms with Crippen molar-refractivity contribution in [2.45, 2.75) is 19.9 Å². The van der Waals surface area contributed by atoms with Crippen LogP contribution in [0.2, 0.25) is 0 Å². The van der Waals surface area contributed by atoms with E-state index in [1.165, 1.54) is 0 Å². The molecule has 1 aliphatic heterocycles. The molecule has 96 valence electrons. The SMILES string of the molecule is Cc1nnc(-c2ccc3c(c2)CC(=O)N3)cc1CN. The fourth-order valence-corrected chi connectivity index (χ4v) is 2.23. The van der Waals surface area contributed by atoms with Gasteiger partial charge in [0.25, 0.3) is 0 Å². The third-order valence-electron chi connectivity index (χ3n) is 3.33. The summed E-state index contributed by atoms with van der Waals surface area (Å²) >= 11 is 0. The first kappa shape index (κ1) is 11.8. The van der Waals surface area contributed by atoms with E-state index in [2.05, 4.69) is 15.5 Å². The summed E-state index contributed by atoms with van der Waals surface area (Å²) in [5, 5.41) is 11.1. The van der Waals surface area contributed by atoms with Crippen molar-refractivity contribution >= 4 is 11.6 Å². The van der Waals surface area contributed by atoms with Crippen LogP contribution in [0.25, 0.3) is 11.3 Å². The summed E-state index contributed by atoms with van der Waals surface area (Å²) in [6.45, 7) is 2.34. The zero-order chi connectivity index (χ0) is 13.4. The molecule has 5 nitrogen and oxygen atoms in total. The number of rotatable bonds is 2. The summed E-state index contributed by atoms with van der Waals surface area (Å²) < 4.78 is 0. The highest BCUT2D eigenvalue weighted by Gasteiger charge is 2.18. The Labute approximate surface area is 110 Å². The van der Waals surface area contributed by atoms with Gasteiger partial charge in [-0.1, -0.05) is 6.07 Å². The first-order valence-electron chi connectivity index (χ1n) is 6.14. The average Bonchev–Trinajstić information content (AvgIpc) is 2.78. The Kier molecular flexibility index (Phi) is 2.76. The molecule has 0 saturated heterocycles. The van der Waals surface area contributed by atoms with Crippen molar-refractivity contribution in [3.63, 3.8) is 0 Å². The highest BCUT2D eigenvalue weighted by atomic mass is 16.1. The second-order valence-corrected chi connectivity index (χ2v) is 4.64. The molecule has 1 aliphatic rings. The first-order valence-corrected chi connectivity index (χ1v) is 6.14. The number of hydrogen-bond acceptors (Lipinski definition) is 4. The molecule has 0 radical (unpaired) electrons. The van der Waals surface area contributed by atoms with Gasteiger partial charge in [0.05, 0.1) is 17.8 Å². The van der Waals surface area contributed by atoms with Crippen molar-refractivity contribution in [3.8, 4) is 11.3 Å². The molecular weight excluding hydrogens is 240 g/mol. The number of hydrogen-bond donors (Lipinski definition) is 2. The van der Waals surface area contributed by atoms with Crippen LogP contribution < -0.4 is 11.1 Å². The molecule has 0 aliphatic carbocycles. The predicted octanol–water partition coefficient (Wildman–Crippen LogP) is 1.41. The summed E-state index contributed by atoms with van der Waals surface area (Å²) in [7, 11) is 0. The number of aryl methyl sites for hydroxylation is 1. The van der Waals surface area contributed by atoms with Crippen LogP contribution in [0.4, 0.5) is 5.69 Å². The van der Waals surface area contributed by atoms with Crippen molar-refractivity contribution in [2.24, 2.45) is 5.73 Å². The van der Waals surface area contributed by atoms with E-state index < -0.39 is 0 Å². The number of anilines is 1. The molecule has 0 fully saturated rings. The van der Waals surface area contributed by atoms with Crippen LogP contribution in [-0.2, 0) is 17.8 Å². The number of nitrogens with one attached hydrogen (secondary N) is 1. The van der Waals surface area contributed by atoms with Crippen LogP contribution in [0, 0.1) is 6.92 Å². The molecule has 0 saturated carbocycles. The smallest absolute Gasteiger partial charge is 0.228 e. The molecule has 1 amide bonds. The highest BCUT2D eigenvalue weighted by molar-refractivity contribution is 5.99. The Morgan fingerprint density at radius 3 is 2.95 bits per heavy atom. The highest BCUT2D eigenvalue weighted by Crippen LogP contribution is 2.28. The molecule has 0 atom stereocenters. The number of amides is 1. The van der Waals surface area contributed by atoms with Crippen molar-refractivity contribution < 1.29 is 4.79 Å². The van der Waals surface area contributed by atoms with Gasteiger partial charge in [-0.05, 0) is 36.2 Å². The number of benzene rings is 1. The summed E-state index contributed by atoms with van der Waals surface area (Å²) in [6.07, 6.45) is 0.423. The Balaban J connectivity index is 2.03. The monoisotopic (exact) mass is 254 g/mol. The van der Waals surface area contributed by atoms with Crippen molar-refractivity contribution in [2.75, 3.05) is 5.32 Å². The zero-order valence-corrected chi connectivity index (χ0v) is 10.6. The van der Waals surface area contributed by atoms with Crippen molar-refractivity contribution in [1.29, 1.82) is 0 Å². The number of aromatic nitrogens is 2.